The Morgan fingerprint density at radius 3 is 2.95 bits per heavy atom. The molecule has 2 rings (SSSR count). The van der Waals surface area contributed by atoms with Gasteiger partial charge in [-0.1, -0.05) is 6.92 Å². The third-order valence-corrected chi connectivity index (χ3v) is 3.52. The van der Waals surface area contributed by atoms with E-state index in [0.29, 0.717) is 0 Å². The Hall–Kier alpha value is -0.910. The topological polar surface area (TPSA) is 42.3 Å². The van der Waals surface area contributed by atoms with E-state index in [1.807, 2.05) is 0 Å². The number of fused-ring (bicyclic) bond motifs is 1. The van der Waals surface area contributed by atoms with Crippen LogP contribution in [0.2, 0.25) is 0 Å². The van der Waals surface area contributed by atoms with Crippen LogP contribution in [0.5, 0.6) is 0 Å². The lowest BCUT2D eigenvalue weighted by Crippen LogP contribution is -2.25. The summed E-state index contributed by atoms with van der Waals surface area (Å²) in [5.41, 5.74) is 2.64. The number of hydrogen-bond donors (Lipinski definition) is 1. The molecule has 1 N–H and O–H groups in total. The zero-order valence-electron chi connectivity index (χ0n) is 12.4. The minimum absolute atomic E-state index is 0.775. The number of imidazole rings is 1. The number of aryl methyl sites for hydroxylation is 1. The second kappa shape index (κ2) is 7.03. The Kier molecular flexibility index (Phi) is 5.36. The van der Waals surface area contributed by atoms with Crippen LogP contribution in [0.3, 0.4) is 0 Å². The molecule has 0 aliphatic carbocycles. The maximum Gasteiger partial charge on any atom is 0.109 e. The molecule has 0 unspecified atom stereocenters. The van der Waals surface area contributed by atoms with E-state index < -0.39 is 0 Å². The van der Waals surface area contributed by atoms with Gasteiger partial charge in [0.15, 0.2) is 0 Å². The molecule has 0 atom stereocenters. The van der Waals surface area contributed by atoms with Crippen LogP contribution in [-0.2, 0) is 30.7 Å². The molecule has 0 aromatic carbocycles. The van der Waals surface area contributed by atoms with Crippen LogP contribution in [0, 0.1) is 0 Å². The van der Waals surface area contributed by atoms with Gasteiger partial charge in [0.1, 0.15) is 5.82 Å². The first-order valence-electron chi connectivity index (χ1n) is 7.22. The second-order valence-electron chi connectivity index (χ2n) is 5.27. The normalized spacial score (nSPS) is 14.9. The molecule has 0 spiro atoms. The molecule has 1 aromatic heterocycles. The number of nitrogens with zero attached hydrogens (tertiary/aromatic N) is 3. The molecule has 2 heterocycles. The van der Waals surface area contributed by atoms with Crippen molar-refractivity contribution in [2.24, 2.45) is 0 Å². The van der Waals surface area contributed by atoms with E-state index in [9.17, 15) is 0 Å². The lowest BCUT2D eigenvalue weighted by Gasteiger charge is -2.16. The second-order valence-corrected chi connectivity index (χ2v) is 5.27. The molecular weight excluding hydrogens is 240 g/mol. The molecule has 5 heteroatoms. The Balaban J connectivity index is 1.90. The smallest absolute Gasteiger partial charge is 0.109 e. The van der Waals surface area contributed by atoms with Gasteiger partial charge in [-0.3, -0.25) is 0 Å². The Morgan fingerprint density at radius 1 is 1.37 bits per heavy atom. The molecule has 0 fully saturated rings. The fraction of sp³-hybridized carbons (Fsp3) is 0.786. The maximum atomic E-state index is 5.70. The maximum absolute atomic E-state index is 5.70. The average Bonchev–Trinajstić information content (AvgIpc) is 2.76. The molecule has 0 saturated heterocycles. The third-order valence-electron chi connectivity index (χ3n) is 3.52. The van der Waals surface area contributed by atoms with Crippen molar-refractivity contribution in [2.75, 3.05) is 40.4 Å². The molecule has 1 aromatic rings. The van der Waals surface area contributed by atoms with E-state index in [2.05, 4.69) is 35.8 Å². The summed E-state index contributed by atoms with van der Waals surface area (Å²) in [5, 5.41) is 3.38. The van der Waals surface area contributed by atoms with Crippen molar-refractivity contribution in [1.29, 1.82) is 0 Å². The summed E-state index contributed by atoms with van der Waals surface area (Å²) in [6.07, 6.45) is 2.07. The van der Waals surface area contributed by atoms with E-state index in [0.717, 1.165) is 52.2 Å². The van der Waals surface area contributed by atoms with Gasteiger partial charge in [0.25, 0.3) is 0 Å². The van der Waals surface area contributed by atoms with Crippen LogP contribution in [0.25, 0.3) is 0 Å². The average molecular weight is 266 g/mol. The van der Waals surface area contributed by atoms with Crippen LogP contribution >= 0.6 is 0 Å². The summed E-state index contributed by atoms with van der Waals surface area (Å²) in [4.78, 5) is 6.87. The van der Waals surface area contributed by atoms with Gasteiger partial charge < -0.3 is 19.5 Å². The molecule has 0 bridgehead atoms. The fourth-order valence-electron chi connectivity index (χ4n) is 2.47. The first kappa shape index (κ1) is 14.5. The van der Waals surface area contributed by atoms with E-state index in [-0.39, 0.29) is 0 Å². The van der Waals surface area contributed by atoms with Crippen molar-refractivity contribution in [2.45, 2.75) is 32.9 Å². The van der Waals surface area contributed by atoms with Crippen LogP contribution in [0.1, 0.15) is 24.1 Å². The Labute approximate surface area is 116 Å². The number of ether oxygens (including phenoxy) is 1. The molecule has 0 saturated carbocycles. The summed E-state index contributed by atoms with van der Waals surface area (Å²) in [6, 6.07) is 0. The third kappa shape index (κ3) is 3.78. The van der Waals surface area contributed by atoms with Gasteiger partial charge in [-0.05, 0) is 14.1 Å². The number of hydrogen-bond acceptors (Lipinski definition) is 4. The molecular formula is C14H26N4O. The predicted octanol–water partition coefficient (Wildman–Crippen LogP) is 0.669. The molecule has 1 aliphatic heterocycles. The molecule has 5 nitrogen and oxygen atoms in total. The largest absolute Gasteiger partial charge is 0.378 e. The lowest BCUT2D eigenvalue weighted by atomic mass is 10.2. The molecule has 0 radical (unpaired) electrons. The van der Waals surface area contributed by atoms with Crippen molar-refractivity contribution < 1.29 is 4.74 Å². The van der Waals surface area contributed by atoms with Crippen LogP contribution in [-0.4, -0.2) is 54.8 Å². The van der Waals surface area contributed by atoms with Gasteiger partial charge in [0, 0.05) is 44.7 Å². The zero-order chi connectivity index (χ0) is 13.7. The number of nitrogens with one attached hydrogen (secondary N) is 1. The minimum atomic E-state index is 0.775. The number of likely N-dealkylation sites (N-methyl/N-ethyl adjacent to an activating group) is 1. The summed E-state index contributed by atoms with van der Waals surface area (Å²) >= 11 is 0. The molecule has 0 amide bonds. The van der Waals surface area contributed by atoms with Crippen LogP contribution in [0.4, 0.5) is 0 Å². The van der Waals surface area contributed by atoms with Gasteiger partial charge in [-0.15, -0.1) is 0 Å². The van der Waals surface area contributed by atoms with Gasteiger partial charge in [0.2, 0.25) is 0 Å². The highest BCUT2D eigenvalue weighted by atomic mass is 16.5. The molecule has 19 heavy (non-hydrogen) atoms. The van der Waals surface area contributed by atoms with Crippen molar-refractivity contribution in [1.82, 2.24) is 19.8 Å². The van der Waals surface area contributed by atoms with Gasteiger partial charge in [0.05, 0.1) is 18.9 Å². The first-order chi connectivity index (χ1) is 9.22. The summed E-state index contributed by atoms with van der Waals surface area (Å²) < 4.78 is 8.07. The molecule has 108 valence electrons. The summed E-state index contributed by atoms with van der Waals surface area (Å²) in [6.45, 7) is 7.63. The van der Waals surface area contributed by atoms with E-state index in [4.69, 9.17) is 9.72 Å². The van der Waals surface area contributed by atoms with Crippen molar-refractivity contribution in [3.8, 4) is 0 Å². The van der Waals surface area contributed by atoms with E-state index >= 15 is 0 Å². The summed E-state index contributed by atoms with van der Waals surface area (Å²) in [7, 11) is 4.13. The van der Waals surface area contributed by atoms with Crippen LogP contribution in [0.15, 0.2) is 0 Å². The lowest BCUT2D eigenvalue weighted by molar-refractivity contribution is 0.110. The van der Waals surface area contributed by atoms with Crippen molar-refractivity contribution in [3.05, 3.63) is 17.2 Å². The van der Waals surface area contributed by atoms with Crippen molar-refractivity contribution in [3.63, 3.8) is 0 Å². The number of aromatic nitrogens is 2. The highest BCUT2D eigenvalue weighted by Gasteiger charge is 2.18. The monoisotopic (exact) mass is 266 g/mol. The SMILES string of the molecule is CCc1nc2c(n1CCOCCN(C)C)CCNC2. The van der Waals surface area contributed by atoms with Gasteiger partial charge >= 0.3 is 0 Å². The quantitative estimate of drug-likeness (QED) is 0.737. The van der Waals surface area contributed by atoms with Crippen LogP contribution < -0.4 is 5.32 Å². The fourth-order valence-corrected chi connectivity index (χ4v) is 2.47. The summed E-state index contributed by atoms with van der Waals surface area (Å²) in [5.74, 6) is 1.20. The molecule has 1 aliphatic rings. The van der Waals surface area contributed by atoms with Crippen molar-refractivity contribution >= 4 is 0 Å². The Morgan fingerprint density at radius 2 is 2.21 bits per heavy atom. The Bertz CT molecular complexity index is 400. The highest BCUT2D eigenvalue weighted by Crippen LogP contribution is 2.16. The van der Waals surface area contributed by atoms with Gasteiger partial charge in [-0.25, -0.2) is 4.98 Å². The minimum Gasteiger partial charge on any atom is -0.378 e. The number of rotatable bonds is 7. The standard InChI is InChI=1S/C14H26N4O/c1-4-14-16-12-11-15-6-5-13(12)18(14)8-10-19-9-7-17(2)3/h15H,4-11H2,1-3H3. The van der Waals surface area contributed by atoms with E-state index in [1.165, 1.54) is 17.2 Å². The van der Waals surface area contributed by atoms with Gasteiger partial charge in [-0.2, -0.15) is 0 Å². The predicted molar refractivity (Wildman–Crippen MR) is 76.4 cm³/mol. The highest BCUT2D eigenvalue weighted by molar-refractivity contribution is 5.20. The first-order valence-corrected chi connectivity index (χ1v) is 7.22. The zero-order valence-corrected chi connectivity index (χ0v) is 12.4. The van der Waals surface area contributed by atoms with E-state index in [1.54, 1.807) is 0 Å².